The van der Waals surface area contributed by atoms with Crippen molar-refractivity contribution in [3.05, 3.63) is 0 Å². The van der Waals surface area contributed by atoms with Gasteiger partial charge in [-0.2, -0.15) is 25.9 Å². The minimum Gasteiger partial charge on any atom is -0.276 e. The number of halogens is 3. The van der Waals surface area contributed by atoms with Crippen molar-refractivity contribution < 1.29 is 26.4 Å². The minimum atomic E-state index is -4.56. The van der Waals surface area contributed by atoms with Gasteiger partial charge in [-0.1, -0.05) is 18.7 Å². The number of rotatable bonds is 4. The Morgan fingerprint density at radius 1 is 1.28 bits per heavy atom. The lowest BCUT2D eigenvalue weighted by Crippen LogP contribution is -2.48. The van der Waals surface area contributed by atoms with Gasteiger partial charge in [0, 0.05) is 13.1 Å². The van der Waals surface area contributed by atoms with E-state index in [1.165, 1.54) is 4.89 Å². The van der Waals surface area contributed by atoms with E-state index in [0.29, 0.717) is 0 Å². The van der Waals surface area contributed by atoms with E-state index in [4.69, 9.17) is 0 Å². The fraction of sp³-hybridized carbons (Fsp3) is 1.00. The molecule has 9 heteroatoms. The number of hydrogen-bond donors (Lipinski definition) is 1. The van der Waals surface area contributed by atoms with Crippen LogP contribution in [-0.4, -0.2) is 38.6 Å². The molecule has 0 spiro atoms. The average molecular weight is 290 g/mol. The summed E-state index contributed by atoms with van der Waals surface area (Å²) in [5.74, 6) is 0.348. The summed E-state index contributed by atoms with van der Waals surface area (Å²) >= 11 is 0. The highest BCUT2D eigenvalue weighted by Crippen LogP contribution is 2.22. The summed E-state index contributed by atoms with van der Waals surface area (Å²) in [5.41, 5.74) is 0. The second-order valence-corrected chi connectivity index (χ2v) is 6.39. The molecule has 1 rings (SSSR count). The Morgan fingerprint density at radius 2 is 1.78 bits per heavy atom. The monoisotopic (exact) mass is 290 g/mol. The maximum absolute atomic E-state index is 11.8. The molecule has 1 saturated heterocycles. The normalized spacial score (nSPS) is 27.4. The zero-order chi connectivity index (χ0) is 14.0. The summed E-state index contributed by atoms with van der Waals surface area (Å²) in [7, 11) is -4.01. The molecule has 2 atom stereocenters. The van der Waals surface area contributed by atoms with E-state index in [1.807, 2.05) is 13.8 Å². The summed E-state index contributed by atoms with van der Waals surface area (Å²) in [4.78, 5) is 5.49. The number of nitrogens with one attached hydrogen (secondary N) is 1. The van der Waals surface area contributed by atoms with Crippen molar-refractivity contribution >= 4 is 10.2 Å². The second-order valence-electron chi connectivity index (χ2n) is 4.76. The second kappa shape index (κ2) is 5.72. The molecule has 0 radical (unpaired) electrons. The lowest BCUT2D eigenvalue weighted by Gasteiger charge is -2.33. The molecule has 108 valence electrons. The van der Waals surface area contributed by atoms with Gasteiger partial charge in [-0.25, -0.2) is 0 Å². The first kappa shape index (κ1) is 15.7. The zero-order valence-electron chi connectivity index (χ0n) is 10.2. The van der Waals surface area contributed by atoms with Crippen LogP contribution in [0.15, 0.2) is 0 Å². The van der Waals surface area contributed by atoms with Gasteiger partial charge in [0.15, 0.2) is 6.61 Å². The van der Waals surface area contributed by atoms with Crippen molar-refractivity contribution in [1.82, 2.24) is 9.19 Å². The third kappa shape index (κ3) is 5.09. The molecule has 2 unspecified atom stereocenters. The van der Waals surface area contributed by atoms with Crippen LogP contribution in [0.3, 0.4) is 0 Å². The molecule has 1 heterocycles. The molecule has 1 aliphatic rings. The average Bonchev–Trinajstić information content (AvgIpc) is 2.13. The molecule has 0 aromatic carbocycles. The number of nitrogens with zero attached hydrogens (tertiary/aromatic N) is 1. The molecule has 5 nitrogen and oxygen atoms in total. The van der Waals surface area contributed by atoms with Gasteiger partial charge in [-0.3, -0.25) is 4.84 Å². The van der Waals surface area contributed by atoms with E-state index < -0.39 is 23.0 Å². The number of alkyl halides is 3. The van der Waals surface area contributed by atoms with Crippen LogP contribution >= 0.6 is 0 Å². The van der Waals surface area contributed by atoms with Gasteiger partial charge in [0.2, 0.25) is 0 Å². The van der Waals surface area contributed by atoms with Crippen LogP contribution in [0.5, 0.6) is 0 Å². The maximum Gasteiger partial charge on any atom is 0.413 e. The van der Waals surface area contributed by atoms with Gasteiger partial charge in [0.1, 0.15) is 0 Å². The highest BCUT2D eigenvalue weighted by molar-refractivity contribution is 7.87. The Hall–Kier alpha value is -0.380. The van der Waals surface area contributed by atoms with Gasteiger partial charge >= 0.3 is 16.4 Å². The summed E-state index contributed by atoms with van der Waals surface area (Å²) in [5, 5.41) is 0. The quantitative estimate of drug-likeness (QED) is 0.794. The fourth-order valence-corrected chi connectivity index (χ4v) is 3.26. The summed E-state index contributed by atoms with van der Waals surface area (Å²) in [6.07, 6.45) is -3.67. The van der Waals surface area contributed by atoms with E-state index in [0.717, 1.165) is 10.7 Å². The summed E-state index contributed by atoms with van der Waals surface area (Å²) in [6.45, 7) is 2.72. The van der Waals surface area contributed by atoms with E-state index in [-0.39, 0.29) is 24.9 Å². The first-order chi connectivity index (χ1) is 8.10. The Morgan fingerprint density at radius 3 is 2.22 bits per heavy atom. The van der Waals surface area contributed by atoms with E-state index >= 15 is 0 Å². The maximum atomic E-state index is 11.8. The van der Waals surface area contributed by atoms with Crippen molar-refractivity contribution in [3.63, 3.8) is 0 Å². The van der Waals surface area contributed by atoms with E-state index in [9.17, 15) is 21.6 Å². The van der Waals surface area contributed by atoms with E-state index in [1.54, 1.807) is 0 Å². The molecule has 0 bridgehead atoms. The third-order valence-electron chi connectivity index (χ3n) is 2.58. The molecular formula is C9H17F3N2O3S. The van der Waals surface area contributed by atoms with Gasteiger partial charge in [-0.15, -0.1) is 0 Å². The third-order valence-corrected chi connectivity index (χ3v) is 3.88. The molecule has 1 N–H and O–H groups in total. The van der Waals surface area contributed by atoms with E-state index in [2.05, 4.69) is 4.84 Å². The van der Waals surface area contributed by atoms with Crippen LogP contribution in [0.4, 0.5) is 13.2 Å². The van der Waals surface area contributed by atoms with Crippen LogP contribution in [0.25, 0.3) is 0 Å². The van der Waals surface area contributed by atoms with Crippen molar-refractivity contribution in [2.24, 2.45) is 11.8 Å². The fourth-order valence-electron chi connectivity index (χ4n) is 2.04. The number of piperidine rings is 1. The van der Waals surface area contributed by atoms with Crippen molar-refractivity contribution in [2.75, 3.05) is 19.7 Å². The Balaban J connectivity index is 2.52. The molecule has 1 fully saturated rings. The summed E-state index contributed by atoms with van der Waals surface area (Å²) in [6, 6.07) is 0. The standard InChI is InChI=1S/C9H17F3N2O3S/c1-7-3-8(2)5-14(4-7)18(15,16)13-17-6-9(10,11)12/h7-8,13H,3-6H2,1-2H3. The van der Waals surface area contributed by atoms with Crippen molar-refractivity contribution in [3.8, 4) is 0 Å². The first-order valence-electron chi connectivity index (χ1n) is 5.55. The Bertz CT molecular complexity index is 362. The largest absolute Gasteiger partial charge is 0.413 e. The molecule has 0 aromatic heterocycles. The van der Waals surface area contributed by atoms with Crippen LogP contribution < -0.4 is 4.89 Å². The van der Waals surface area contributed by atoms with Crippen molar-refractivity contribution in [1.29, 1.82) is 0 Å². The Kier molecular flexibility index (Phi) is 4.98. The molecule has 0 aliphatic carbocycles. The highest BCUT2D eigenvalue weighted by Gasteiger charge is 2.33. The van der Waals surface area contributed by atoms with Crippen LogP contribution in [0, 0.1) is 11.8 Å². The van der Waals surface area contributed by atoms with Crippen molar-refractivity contribution in [2.45, 2.75) is 26.4 Å². The van der Waals surface area contributed by atoms with Crippen LogP contribution in [0.1, 0.15) is 20.3 Å². The lowest BCUT2D eigenvalue weighted by molar-refractivity contribution is -0.181. The number of hydrogen-bond acceptors (Lipinski definition) is 3. The first-order valence-corrected chi connectivity index (χ1v) is 6.99. The van der Waals surface area contributed by atoms with Gasteiger partial charge < -0.3 is 0 Å². The molecule has 0 amide bonds. The predicted molar refractivity (Wildman–Crippen MR) is 58.6 cm³/mol. The lowest BCUT2D eigenvalue weighted by atomic mass is 9.94. The Labute approximate surface area is 104 Å². The molecule has 0 saturated carbocycles. The predicted octanol–water partition coefficient (Wildman–Crippen LogP) is 1.29. The van der Waals surface area contributed by atoms with Gasteiger partial charge in [-0.05, 0) is 18.3 Å². The smallest absolute Gasteiger partial charge is 0.276 e. The SMILES string of the molecule is CC1CC(C)CN(S(=O)(=O)NOCC(F)(F)F)C1. The topological polar surface area (TPSA) is 58.6 Å². The highest BCUT2D eigenvalue weighted by atomic mass is 32.2. The van der Waals surface area contributed by atoms with Crippen LogP contribution in [-0.2, 0) is 15.0 Å². The molecule has 0 aromatic rings. The van der Waals surface area contributed by atoms with Gasteiger partial charge in [0.05, 0.1) is 0 Å². The van der Waals surface area contributed by atoms with Crippen LogP contribution in [0.2, 0.25) is 0 Å². The molecular weight excluding hydrogens is 273 g/mol. The zero-order valence-corrected chi connectivity index (χ0v) is 11.0. The molecule has 1 aliphatic heterocycles. The summed E-state index contributed by atoms with van der Waals surface area (Å²) < 4.78 is 60.0. The minimum absolute atomic E-state index is 0.174. The van der Waals surface area contributed by atoms with Gasteiger partial charge in [0.25, 0.3) is 0 Å². The molecule has 18 heavy (non-hydrogen) atoms.